The van der Waals surface area contributed by atoms with Crippen LogP contribution in [0.2, 0.25) is 0 Å². The number of amides is 1. The van der Waals surface area contributed by atoms with Crippen LogP contribution in [0.5, 0.6) is 17.4 Å². The van der Waals surface area contributed by atoms with Crippen molar-refractivity contribution in [1.29, 1.82) is 0 Å². The van der Waals surface area contributed by atoms with Crippen LogP contribution in [-0.4, -0.2) is 53.6 Å². The Labute approximate surface area is 153 Å². The van der Waals surface area contributed by atoms with Gasteiger partial charge in [-0.25, -0.2) is 9.97 Å². The number of hydrogen-bond donors (Lipinski definition) is 0. The van der Waals surface area contributed by atoms with Crippen molar-refractivity contribution < 1.29 is 14.3 Å². The minimum absolute atomic E-state index is 0.147. The fourth-order valence-electron chi connectivity index (χ4n) is 3.08. The zero-order chi connectivity index (χ0) is 18.5. The molecule has 1 aromatic carbocycles. The Kier molecular flexibility index (Phi) is 5.55. The van der Waals surface area contributed by atoms with Crippen LogP contribution in [0.3, 0.4) is 0 Å². The highest BCUT2D eigenvalue weighted by atomic mass is 16.5. The molecule has 1 aromatic heterocycles. The minimum atomic E-state index is 0.147. The lowest BCUT2D eigenvalue weighted by atomic mass is 10.1. The summed E-state index contributed by atoms with van der Waals surface area (Å²) in [5.41, 5.74) is 0. The van der Waals surface area contributed by atoms with E-state index in [1.807, 2.05) is 36.1 Å². The van der Waals surface area contributed by atoms with Crippen LogP contribution in [0, 0.1) is 0 Å². The van der Waals surface area contributed by atoms with E-state index in [4.69, 9.17) is 9.47 Å². The predicted molar refractivity (Wildman–Crippen MR) is 98.8 cm³/mol. The van der Waals surface area contributed by atoms with Crippen LogP contribution < -0.4 is 14.4 Å². The Bertz CT molecular complexity index is 768. The summed E-state index contributed by atoms with van der Waals surface area (Å²) >= 11 is 0. The first-order chi connectivity index (χ1) is 12.6. The summed E-state index contributed by atoms with van der Waals surface area (Å²) in [6.07, 6.45) is 2.04. The van der Waals surface area contributed by atoms with Crippen LogP contribution in [0.1, 0.15) is 20.3 Å². The van der Waals surface area contributed by atoms with Crippen molar-refractivity contribution in [2.24, 2.45) is 0 Å². The molecule has 1 aliphatic heterocycles. The summed E-state index contributed by atoms with van der Waals surface area (Å²) in [6.45, 7) is 6.14. The molecule has 1 saturated heterocycles. The number of nitrogens with zero attached hydrogens (tertiary/aromatic N) is 4. The van der Waals surface area contributed by atoms with Gasteiger partial charge in [0.25, 0.3) is 0 Å². The van der Waals surface area contributed by atoms with E-state index >= 15 is 0 Å². The van der Waals surface area contributed by atoms with Gasteiger partial charge in [-0.1, -0.05) is 13.0 Å². The first kappa shape index (κ1) is 18.0. The van der Waals surface area contributed by atoms with Crippen LogP contribution in [0.4, 0.5) is 5.82 Å². The monoisotopic (exact) mass is 356 g/mol. The van der Waals surface area contributed by atoms with Gasteiger partial charge in [0.1, 0.15) is 23.6 Å². The lowest BCUT2D eigenvalue weighted by Gasteiger charge is -2.40. The highest BCUT2D eigenvalue weighted by Gasteiger charge is 2.27. The summed E-state index contributed by atoms with van der Waals surface area (Å²) in [6, 6.07) is 9.34. The molecule has 0 N–H and O–H groups in total. The summed E-state index contributed by atoms with van der Waals surface area (Å²) in [4.78, 5) is 24.6. The minimum Gasteiger partial charge on any atom is -0.497 e. The Morgan fingerprint density at radius 2 is 2.04 bits per heavy atom. The largest absolute Gasteiger partial charge is 0.497 e. The zero-order valence-corrected chi connectivity index (χ0v) is 15.4. The average molecular weight is 356 g/mol. The number of piperazine rings is 1. The third-order valence-electron chi connectivity index (χ3n) is 4.47. The van der Waals surface area contributed by atoms with Gasteiger partial charge in [0.2, 0.25) is 11.8 Å². The van der Waals surface area contributed by atoms with Crippen molar-refractivity contribution in [1.82, 2.24) is 14.9 Å². The molecule has 1 amide bonds. The highest BCUT2D eigenvalue weighted by molar-refractivity contribution is 5.76. The number of ether oxygens (including phenoxy) is 2. The highest BCUT2D eigenvalue weighted by Crippen LogP contribution is 2.26. The van der Waals surface area contributed by atoms with E-state index in [1.165, 1.54) is 6.33 Å². The van der Waals surface area contributed by atoms with Gasteiger partial charge in [-0.15, -0.1) is 0 Å². The van der Waals surface area contributed by atoms with E-state index in [1.54, 1.807) is 13.2 Å². The predicted octanol–water partition coefficient (Wildman–Crippen LogP) is 2.72. The van der Waals surface area contributed by atoms with E-state index in [9.17, 15) is 4.79 Å². The second-order valence-corrected chi connectivity index (χ2v) is 6.23. The second kappa shape index (κ2) is 8.03. The lowest BCUT2D eigenvalue weighted by Crippen LogP contribution is -2.54. The van der Waals surface area contributed by atoms with Gasteiger partial charge in [-0.3, -0.25) is 4.79 Å². The molecule has 1 fully saturated rings. The van der Waals surface area contributed by atoms with E-state index < -0.39 is 0 Å². The molecule has 0 saturated carbocycles. The molecule has 7 nitrogen and oxygen atoms in total. The Hall–Kier alpha value is -2.83. The molecule has 2 aromatic rings. The number of aromatic nitrogens is 2. The van der Waals surface area contributed by atoms with Gasteiger partial charge >= 0.3 is 0 Å². The van der Waals surface area contributed by atoms with Crippen molar-refractivity contribution >= 4 is 11.7 Å². The first-order valence-corrected chi connectivity index (χ1v) is 8.79. The number of rotatable bonds is 5. The topological polar surface area (TPSA) is 67.8 Å². The summed E-state index contributed by atoms with van der Waals surface area (Å²) in [7, 11) is 1.62. The fourth-order valence-corrected chi connectivity index (χ4v) is 3.08. The number of hydrogen-bond acceptors (Lipinski definition) is 6. The molecule has 1 atom stereocenters. The van der Waals surface area contributed by atoms with Crippen molar-refractivity contribution in [3.05, 3.63) is 36.7 Å². The Balaban J connectivity index is 1.70. The zero-order valence-electron chi connectivity index (χ0n) is 15.4. The van der Waals surface area contributed by atoms with Crippen molar-refractivity contribution in [2.75, 3.05) is 31.6 Å². The Morgan fingerprint density at radius 3 is 2.77 bits per heavy atom. The number of carbonyl (C=O) groups excluding carboxylic acids is 1. The standard InChI is InChI=1S/C19H24N4O3/c1-4-19(24)23-9-8-22(12-14(23)2)17-11-18(21-13-20-17)26-16-7-5-6-15(10-16)25-3/h5-7,10-11,13-14H,4,8-9,12H2,1-3H3. The maximum atomic E-state index is 12.0. The molecule has 2 heterocycles. The summed E-state index contributed by atoms with van der Waals surface area (Å²) in [5, 5.41) is 0. The third-order valence-corrected chi connectivity index (χ3v) is 4.47. The van der Waals surface area contributed by atoms with Gasteiger partial charge in [-0.2, -0.15) is 0 Å². The van der Waals surface area contributed by atoms with Gasteiger partial charge in [0, 0.05) is 44.2 Å². The van der Waals surface area contributed by atoms with Gasteiger partial charge < -0.3 is 19.3 Å². The van der Waals surface area contributed by atoms with Gasteiger partial charge in [0.15, 0.2) is 0 Å². The second-order valence-electron chi connectivity index (χ2n) is 6.23. The molecule has 3 rings (SSSR count). The SMILES string of the molecule is CCC(=O)N1CCN(c2cc(Oc3cccc(OC)c3)ncn2)CC1C. The van der Waals surface area contributed by atoms with Crippen molar-refractivity contribution in [3.63, 3.8) is 0 Å². The average Bonchev–Trinajstić information content (AvgIpc) is 2.67. The molecule has 1 aliphatic rings. The lowest BCUT2D eigenvalue weighted by molar-refractivity contribution is -0.133. The first-order valence-electron chi connectivity index (χ1n) is 8.79. The molecular formula is C19H24N4O3. The van der Waals surface area contributed by atoms with E-state index in [0.717, 1.165) is 24.7 Å². The smallest absolute Gasteiger partial charge is 0.224 e. The summed E-state index contributed by atoms with van der Waals surface area (Å²) in [5.74, 6) is 2.85. The van der Waals surface area contributed by atoms with Gasteiger partial charge in [-0.05, 0) is 19.1 Å². The van der Waals surface area contributed by atoms with Gasteiger partial charge in [0.05, 0.1) is 7.11 Å². The summed E-state index contributed by atoms with van der Waals surface area (Å²) < 4.78 is 11.0. The molecule has 1 unspecified atom stereocenters. The van der Waals surface area contributed by atoms with Crippen LogP contribution in [-0.2, 0) is 4.79 Å². The Morgan fingerprint density at radius 1 is 1.23 bits per heavy atom. The molecule has 0 aliphatic carbocycles. The van der Waals surface area contributed by atoms with Crippen LogP contribution in [0.25, 0.3) is 0 Å². The number of benzene rings is 1. The molecule has 0 radical (unpaired) electrons. The van der Waals surface area contributed by atoms with E-state index in [-0.39, 0.29) is 11.9 Å². The molecule has 0 spiro atoms. The number of carbonyl (C=O) groups is 1. The van der Waals surface area contributed by atoms with Crippen molar-refractivity contribution in [3.8, 4) is 17.4 Å². The normalized spacial score (nSPS) is 17.1. The number of anilines is 1. The third kappa shape index (κ3) is 4.04. The molecule has 26 heavy (non-hydrogen) atoms. The number of methoxy groups -OCH3 is 1. The van der Waals surface area contributed by atoms with Crippen LogP contribution in [0.15, 0.2) is 36.7 Å². The maximum absolute atomic E-state index is 12.0. The van der Waals surface area contributed by atoms with E-state index in [0.29, 0.717) is 24.6 Å². The van der Waals surface area contributed by atoms with Crippen LogP contribution >= 0.6 is 0 Å². The molecule has 7 heteroatoms. The quantitative estimate of drug-likeness (QED) is 0.821. The van der Waals surface area contributed by atoms with Crippen molar-refractivity contribution in [2.45, 2.75) is 26.3 Å². The molecule has 138 valence electrons. The van der Waals surface area contributed by atoms with E-state index in [2.05, 4.69) is 21.8 Å². The maximum Gasteiger partial charge on any atom is 0.224 e. The molecular weight excluding hydrogens is 332 g/mol. The fraction of sp³-hybridized carbons (Fsp3) is 0.421. The molecule has 0 bridgehead atoms.